The Kier molecular flexibility index (Phi) is 7.29. The van der Waals surface area contributed by atoms with Crippen molar-refractivity contribution in [2.24, 2.45) is 0 Å². The van der Waals surface area contributed by atoms with E-state index in [1.54, 1.807) is 0 Å². The van der Waals surface area contributed by atoms with Crippen molar-refractivity contribution in [2.45, 2.75) is 44.1 Å². The second kappa shape index (κ2) is 9.71. The van der Waals surface area contributed by atoms with E-state index in [0.717, 1.165) is 32.2 Å². The minimum atomic E-state index is -2.97. The summed E-state index contributed by atoms with van der Waals surface area (Å²) in [5, 5.41) is 3.13. The van der Waals surface area contributed by atoms with E-state index in [0.29, 0.717) is 13.2 Å². The first-order chi connectivity index (χ1) is 15.7. The monoisotopic (exact) mass is 549 g/mol. The SMILES string of the molecule is CCCC1(COc2nc(N3CCNCC(F)(F)C3)c3cc(Cl)c(Br)c(F)c3n2)CCCN1C. The van der Waals surface area contributed by atoms with Gasteiger partial charge in [-0.1, -0.05) is 24.9 Å². The van der Waals surface area contributed by atoms with Gasteiger partial charge in [0.05, 0.1) is 28.1 Å². The van der Waals surface area contributed by atoms with E-state index < -0.39 is 24.8 Å². The first-order valence-corrected chi connectivity index (χ1v) is 12.4. The number of likely N-dealkylation sites (N-methyl/N-ethyl adjacent to an activating group) is 1. The molecule has 1 unspecified atom stereocenters. The number of nitrogens with zero attached hydrogens (tertiary/aromatic N) is 4. The molecule has 182 valence electrons. The second-order valence-corrected chi connectivity index (χ2v) is 10.2. The number of halogens is 5. The van der Waals surface area contributed by atoms with Crippen LogP contribution >= 0.6 is 27.5 Å². The fourth-order valence-electron chi connectivity index (χ4n) is 4.83. The molecule has 2 aromatic rings. The number of nitrogens with one attached hydrogen (secondary N) is 1. The van der Waals surface area contributed by atoms with Crippen molar-refractivity contribution in [3.63, 3.8) is 0 Å². The lowest BCUT2D eigenvalue weighted by atomic mass is 9.92. The molecular weight excluding hydrogens is 523 g/mol. The summed E-state index contributed by atoms with van der Waals surface area (Å²) in [4.78, 5) is 12.6. The number of aromatic nitrogens is 2. The van der Waals surface area contributed by atoms with E-state index in [9.17, 15) is 8.78 Å². The number of hydrogen-bond acceptors (Lipinski definition) is 6. The Hall–Kier alpha value is -1.36. The lowest BCUT2D eigenvalue weighted by Crippen LogP contribution is -2.46. The third-order valence-corrected chi connectivity index (χ3v) is 7.88. The van der Waals surface area contributed by atoms with Crippen LogP contribution in [0.5, 0.6) is 6.01 Å². The highest BCUT2D eigenvalue weighted by Crippen LogP contribution is 2.38. The minimum absolute atomic E-state index is 0.0175. The maximum absolute atomic E-state index is 15.2. The highest BCUT2D eigenvalue weighted by molar-refractivity contribution is 9.10. The summed E-state index contributed by atoms with van der Waals surface area (Å²) in [7, 11) is 2.07. The predicted molar refractivity (Wildman–Crippen MR) is 127 cm³/mol. The van der Waals surface area contributed by atoms with E-state index in [-0.39, 0.29) is 44.3 Å². The third kappa shape index (κ3) is 5.04. The summed E-state index contributed by atoms with van der Waals surface area (Å²) >= 11 is 9.34. The van der Waals surface area contributed by atoms with Crippen molar-refractivity contribution in [3.8, 4) is 6.01 Å². The number of rotatable bonds is 6. The van der Waals surface area contributed by atoms with Gasteiger partial charge in [-0.3, -0.25) is 4.90 Å². The van der Waals surface area contributed by atoms with E-state index in [1.165, 1.54) is 11.0 Å². The van der Waals surface area contributed by atoms with Gasteiger partial charge in [0.15, 0.2) is 5.82 Å². The Morgan fingerprint density at radius 1 is 1.30 bits per heavy atom. The largest absolute Gasteiger partial charge is 0.461 e. The average molecular weight is 551 g/mol. The molecule has 0 amide bonds. The Balaban J connectivity index is 1.76. The summed E-state index contributed by atoms with van der Waals surface area (Å²) in [6.45, 7) is 3.08. The number of hydrogen-bond donors (Lipinski definition) is 1. The normalized spacial score (nSPS) is 23.8. The highest BCUT2D eigenvalue weighted by atomic mass is 79.9. The van der Waals surface area contributed by atoms with Crippen LogP contribution in [0.2, 0.25) is 5.02 Å². The molecule has 0 radical (unpaired) electrons. The maximum Gasteiger partial charge on any atom is 0.319 e. The molecule has 1 aromatic carbocycles. The summed E-state index contributed by atoms with van der Waals surface area (Å²) < 4.78 is 50.0. The quantitative estimate of drug-likeness (QED) is 0.518. The molecule has 0 saturated carbocycles. The van der Waals surface area contributed by atoms with Gasteiger partial charge in [-0.05, 0) is 54.9 Å². The average Bonchev–Trinajstić information content (AvgIpc) is 3.02. The van der Waals surface area contributed by atoms with Crippen LogP contribution in [0.3, 0.4) is 0 Å². The van der Waals surface area contributed by atoms with Gasteiger partial charge in [-0.15, -0.1) is 0 Å². The fourth-order valence-corrected chi connectivity index (χ4v) is 5.32. The minimum Gasteiger partial charge on any atom is -0.461 e. The Morgan fingerprint density at radius 3 is 2.79 bits per heavy atom. The van der Waals surface area contributed by atoms with Crippen molar-refractivity contribution in [2.75, 3.05) is 51.3 Å². The van der Waals surface area contributed by atoms with Gasteiger partial charge in [0.25, 0.3) is 5.92 Å². The molecule has 0 bridgehead atoms. The predicted octanol–water partition coefficient (Wildman–Crippen LogP) is 4.87. The van der Waals surface area contributed by atoms with Gasteiger partial charge < -0.3 is 15.0 Å². The number of likely N-dealkylation sites (tertiary alicyclic amines) is 1. The third-order valence-electron chi connectivity index (χ3n) is 6.58. The number of alkyl halides is 2. The van der Waals surface area contributed by atoms with Crippen molar-refractivity contribution >= 4 is 44.3 Å². The Labute approximate surface area is 205 Å². The number of anilines is 1. The smallest absolute Gasteiger partial charge is 0.319 e. The van der Waals surface area contributed by atoms with Crippen LogP contribution in [0.25, 0.3) is 10.9 Å². The molecule has 2 saturated heterocycles. The van der Waals surface area contributed by atoms with Gasteiger partial charge in [0.1, 0.15) is 17.9 Å². The molecule has 33 heavy (non-hydrogen) atoms. The molecule has 2 aliphatic rings. The van der Waals surface area contributed by atoms with Crippen molar-refractivity contribution in [1.29, 1.82) is 0 Å². The van der Waals surface area contributed by atoms with Crippen molar-refractivity contribution in [3.05, 3.63) is 21.4 Å². The first-order valence-electron chi connectivity index (χ1n) is 11.2. The standard InChI is InChI=1S/C22H28BrClF3N5O/c1-3-5-21(6-4-8-31(21)2)13-33-20-29-18-14(10-15(24)16(23)17(18)25)19(30-20)32-9-7-28-11-22(26,27)12-32/h10,28H,3-9,11-13H2,1-2H3. The molecule has 11 heteroatoms. The lowest BCUT2D eigenvalue weighted by Gasteiger charge is -2.35. The molecule has 2 fully saturated rings. The van der Waals surface area contributed by atoms with Crippen LogP contribution < -0.4 is 15.0 Å². The Bertz CT molecular complexity index is 1030. The van der Waals surface area contributed by atoms with Crippen molar-refractivity contribution < 1.29 is 17.9 Å². The second-order valence-electron chi connectivity index (χ2n) is 8.95. The number of benzene rings is 1. The lowest BCUT2D eigenvalue weighted by molar-refractivity contribution is 0.0156. The molecule has 0 aliphatic carbocycles. The number of ether oxygens (including phenoxy) is 1. The van der Waals surface area contributed by atoms with Crippen LogP contribution in [0, 0.1) is 5.82 Å². The molecule has 6 nitrogen and oxygen atoms in total. The highest BCUT2D eigenvalue weighted by Gasteiger charge is 2.39. The van der Waals surface area contributed by atoms with Crippen molar-refractivity contribution in [1.82, 2.24) is 20.2 Å². The molecule has 2 aliphatic heterocycles. The first kappa shape index (κ1) is 24.8. The molecule has 4 rings (SSSR count). The van der Waals surface area contributed by atoms with Gasteiger partial charge in [0, 0.05) is 18.5 Å². The number of fused-ring (bicyclic) bond motifs is 1. The van der Waals surface area contributed by atoms with Gasteiger partial charge in [0.2, 0.25) is 0 Å². The zero-order valence-electron chi connectivity index (χ0n) is 18.7. The molecule has 1 aromatic heterocycles. The van der Waals surface area contributed by atoms with Crippen LogP contribution in [0.15, 0.2) is 10.5 Å². The van der Waals surface area contributed by atoms with E-state index in [2.05, 4.69) is 50.1 Å². The molecule has 3 heterocycles. The van der Waals surface area contributed by atoms with Gasteiger partial charge in [-0.25, -0.2) is 13.2 Å². The maximum atomic E-state index is 15.2. The van der Waals surface area contributed by atoms with E-state index in [1.807, 2.05) is 0 Å². The fraction of sp³-hybridized carbons (Fsp3) is 0.636. The van der Waals surface area contributed by atoms with Crippen LogP contribution in [0.4, 0.5) is 19.0 Å². The van der Waals surface area contributed by atoms with Crippen LogP contribution in [-0.4, -0.2) is 72.7 Å². The summed E-state index contributed by atoms with van der Waals surface area (Å²) in [5.74, 6) is -3.45. The Morgan fingerprint density at radius 2 is 2.09 bits per heavy atom. The van der Waals surface area contributed by atoms with E-state index >= 15 is 4.39 Å². The topological polar surface area (TPSA) is 53.5 Å². The van der Waals surface area contributed by atoms with Crippen LogP contribution in [0.1, 0.15) is 32.6 Å². The molecule has 1 atom stereocenters. The summed E-state index contributed by atoms with van der Waals surface area (Å²) in [5.41, 5.74) is -0.164. The van der Waals surface area contributed by atoms with Crippen LogP contribution in [-0.2, 0) is 0 Å². The van der Waals surface area contributed by atoms with Gasteiger partial charge in [-0.2, -0.15) is 9.97 Å². The molecule has 1 N–H and O–H groups in total. The molecule has 0 spiro atoms. The van der Waals surface area contributed by atoms with E-state index in [4.69, 9.17) is 16.3 Å². The zero-order chi connectivity index (χ0) is 23.8. The summed E-state index contributed by atoms with van der Waals surface area (Å²) in [6.07, 6.45) is 3.99. The van der Waals surface area contributed by atoms with Gasteiger partial charge >= 0.3 is 6.01 Å². The molecular formula is C22H28BrClF3N5O. The zero-order valence-corrected chi connectivity index (χ0v) is 21.1. The summed E-state index contributed by atoms with van der Waals surface area (Å²) in [6, 6.07) is 1.48.